The maximum atomic E-state index is 12.8. The summed E-state index contributed by atoms with van der Waals surface area (Å²) in [6, 6.07) is 5.64. The highest BCUT2D eigenvalue weighted by Crippen LogP contribution is 2.06. The van der Waals surface area contributed by atoms with Gasteiger partial charge in [-0.25, -0.2) is 4.39 Å². The minimum atomic E-state index is -0.329. The number of hydrogen-bond acceptors (Lipinski definition) is 3. The smallest absolute Gasteiger partial charge is 0.239 e. The Morgan fingerprint density at radius 2 is 1.83 bits per heavy atom. The van der Waals surface area contributed by atoms with Crippen LogP contribution in [0, 0.1) is 11.7 Å². The first-order valence-corrected chi connectivity index (χ1v) is 7.40. The van der Waals surface area contributed by atoms with Crippen LogP contribution in [-0.2, 0) is 16.1 Å². The van der Waals surface area contributed by atoms with Crippen LogP contribution in [0.4, 0.5) is 4.39 Å². The van der Waals surface area contributed by atoms with E-state index in [0.717, 1.165) is 5.56 Å². The van der Waals surface area contributed by atoms with E-state index in [9.17, 15) is 14.0 Å². The maximum absolute atomic E-state index is 12.8. The molecule has 0 aliphatic rings. The number of benzene rings is 1. The van der Waals surface area contributed by atoms with Gasteiger partial charge in [0, 0.05) is 19.1 Å². The van der Waals surface area contributed by atoms with Gasteiger partial charge in [0.25, 0.3) is 0 Å². The molecule has 0 radical (unpaired) electrons. The molecule has 0 aromatic heterocycles. The summed E-state index contributed by atoms with van der Waals surface area (Å²) in [4.78, 5) is 25.6. The molecule has 130 valence electrons. The number of nitrogens with two attached hydrogens (primary N) is 1. The molecule has 5 nitrogen and oxygen atoms in total. The van der Waals surface area contributed by atoms with Crippen molar-refractivity contribution in [3.05, 3.63) is 35.6 Å². The van der Waals surface area contributed by atoms with Crippen molar-refractivity contribution in [3.8, 4) is 0 Å². The van der Waals surface area contributed by atoms with Gasteiger partial charge < -0.3 is 16.0 Å². The van der Waals surface area contributed by atoms with Crippen molar-refractivity contribution in [2.24, 2.45) is 11.7 Å². The highest BCUT2D eigenvalue weighted by molar-refractivity contribution is 5.86. The molecule has 0 spiro atoms. The SMILES string of the molecule is CCN(CC(=O)NCc1ccc(F)cc1)C(=O)C(C)C(C)N.Cl. The second-order valence-corrected chi connectivity index (χ2v) is 5.40. The minimum Gasteiger partial charge on any atom is -0.350 e. The summed E-state index contributed by atoms with van der Waals surface area (Å²) in [7, 11) is 0. The number of carbonyl (C=O) groups is 2. The van der Waals surface area contributed by atoms with Crippen LogP contribution >= 0.6 is 12.4 Å². The summed E-state index contributed by atoms with van der Waals surface area (Å²) in [6.07, 6.45) is 0. The van der Waals surface area contributed by atoms with E-state index >= 15 is 0 Å². The third kappa shape index (κ3) is 6.97. The summed E-state index contributed by atoms with van der Waals surface area (Å²) < 4.78 is 12.8. The van der Waals surface area contributed by atoms with Crippen LogP contribution in [-0.4, -0.2) is 35.8 Å². The average molecular weight is 346 g/mol. The fourth-order valence-electron chi connectivity index (χ4n) is 1.89. The Hall–Kier alpha value is -1.66. The lowest BCUT2D eigenvalue weighted by Crippen LogP contribution is -2.46. The van der Waals surface area contributed by atoms with Crippen LogP contribution in [0.3, 0.4) is 0 Å². The lowest BCUT2D eigenvalue weighted by atomic mass is 10.0. The molecule has 23 heavy (non-hydrogen) atoms. The van der Waals surface area contributed by atoms with Gasteiger partial charge in [0.2, 0.25) is 11.8 Å². The molecule has 2 amide bonds. The highest BCUT2D eigenvalue weighted by Gasteiger charge is 2.23. The molecule has 1 aromatic carbocycles. The van der Waals surface area contributed by atoms with Crippen LogP contribution in [0.2, 0.25) is 0 Å². The van der Waals surface area contributed by atoms with E-state index in [-0.39, 0.29) is 48.5 Å². The molecule has 0 aliphatic heterocycles. The Kier molecular flexibility index (Phi) is 9.44. The first kappa shape index (κ1) is 21.3. The Morgan fingerprint density at radius 3 is 2.30 bits per heavy atom. The Labute approximate surface area is 142 Å². The molecule has 2 atom stereocenters. The molecule has 0 bridgehead atoms. The molecule has 7 heteroatoms. The number of nitrogens with zero attached hydrogens (tertiary/aromatic N) is 1. The van der Waals surface area contributed by atoms with Gasteiger partial charge >= 0.3 is 0 Å². The number of rotatable bonds is 7. The molecule has 2 unspecified atom stereocenters. The van der Waals surface area contributed by atoms with E-state index in [4.69, 9.17) is 5.73 Å². The third-order valence-corrected chi connectivity index (χ3v) is 3.61. The van der Waals surface area contributed by atoms with E-state index < -0.39 is 0 Å². The number of likely N-dealkylation sites (N-methyl/N-ethyl adjacent to an activating group) is 1. The molecule has 0 saturated heterocycles. The Bertz CT molecular complexity index is 509. The van der Waals surface area contributed by atoms with Crippen LogP contribution in [0.1, 0.15) is 26.3 Å². The van der Waals surface area contributed by atoms with Crippen molar-refractivity contribution < 1.29 is 14.0 Å². The molecule has 0 heterocycles. The van der Waals surface area contributed by atoms with Crippen molar-refractivity contribution in [3.63, 3.8) is 0 Å². The van der Waals surface area contributed by atoms with Gasteiger partial charge in [-0.15, -0.1) is 12.4 Å². The standard InChI is InChI=1S/C16H24FN3O2.ClH/c1-4-20(16(22)11(2)12(3)18)10-15(21)19-9-13-5-7-14(17)8-6-13;/h5-8,11-12H,4,9-10,18H2,1-3H3,(H,19,21);1H. The predicted molar refractivity (Wildman–Crippen MR) is 90.6 cm³/mol. The first-order valence-electron chi connectivity index (χ1n) is 7.40. The first-order chi connectivity index (χ1) is 10.3. The molecule has 1 rings (SSSR count). The topological polar surface area (TPSA) is 75.4 Å². The second-order valence-electron chi connectivity index (χ2n) is 5.40. The van der Waals surface area contributed by atoms with Gasteiger partial charge in [0.1, 0.15) is 5.82 Å². The summed E-state index contributed by atoms with van der Waals surface area (Å²) >= 11 is 0. The van der Waals surface area contributed by atoms with Crippen molar-refractivity contribution in [2.75, 3.05) is 13.1 Å². The van der Waals surface area contributed by atoms with Gasteiger partial charge in [-0.1, -0.05) is 19.1 Å². The fraction of sp³-hybridized carbons (Fsp3) is 0.500. The Morgan fingerprint density at radius 1 is 1.26 bits per heavy atom. The van der Waals surface area contributed by atoms with Crippen LogP contribution in [0.5, 0.6) is 0 Å². The van der Waals surface area contributed by atoms with Crippen LogP contribution in [0.25, 0.3) is 0 Å². The lowest BCUT2D eigenvalue weighted by Gasteiger charge is -2.25. The molecule has 0 fully saturated rings. The molecular formula is C16H25ClFN3O2. The summed E-state index contributed by atoms with van der Waals surface area (Å²) in [5, 5.41) is 2.72. The average Bonchev–Trinajstić information content (AvgIpc) is 2.50. The van der Waals surface area contributed by atoms with E-state index in [0.29, 0.717) is 13.1 Å². The minimum absolute atomic E-state index is 0. The fourth-order valence-corrected chi connectivity index (χ4v) is 1.89. The molecule has 0 saturated carbocycles. The number of halogens is 2. The third-order valence-electron chi connectivity index (χ3n) is 3.61. The molecule has 1 aromatic rings. The number of amides is 2. The van der Waals surface area contributed by atoms with Crippen molar-refractivity contribution in [1.82, 2.24) is 10.2 Å². The van der Waals surface area contributed by atoms with Gasteiger partial charge in [-0.05, 0) is 31.5 Å². The highest BCUT2D eigenvalue weighted by atomic mass is 35.5. The number of carbonyl (C=O) groups excluding carboxylic acids is 2. The number of nitrogens with one attached hydrogen (secondary N) is 1. The van der Waals surface area contributed by atoms with E-state index in [1.807, 2.05) is 6.92 Å². The summed E-state index contributed by atoms with van der Waals surface area (Å²) in [6.45, 7) is 6.08. The van der Waals surface area contributed by atoms with Gasteiger partial charge in [0.05, 0.1) is 12.5 Å². The quantitative estimate of drug-likeness (QED) is 0.789. The van der Waals surface area contributed by atoms with Gasteiger partial charge in [-0.3, -0.25) is 9.59 Å². The molecule has 0 aliphatic carbocycles. The van der Waals surface area contributed by atoms with Crippen molar-refractivity contribution in [1.29, 1.82) is 0 Å². The normalized spacial score (nSPS) is 12.7. The van der Waals surface area contributed by atoms with E-state index in [1.54, 1.807) is 26.0 Å². The predicted octanol–water partition coefficient (Wildman–Crippen LogP) is 1.70. The molecular weight excluding hydrogens is 321 g/mol. The van der Waals surface area contributed by atoms with Crippen molar-refractivity contribution >= 4 is 24.2 Å². The lowest BCUT2D eigenvalue weighted by molar-refractivity contribution is -0.139. The maximum Gasteiger partial charge on any atom is 0.239 e. The zero-order chi connectivity index (χ0) is 16.7. The van der Waals surface area contributed by atoms with Crippen molar-refractivity contribution in [2.45, 2.75) is 33.4 Å². The zero-order valence-electron chi connectivity index (χ0n) is 13.7. The summed E-state index contributed by atoms with van der Waals surface area (Å²) in [5.74, 6) is -1.03. The largest absolute Gasteiger partial charge is 0.350 e. The second kappa shape index (κ2) is 10.2. The van der Waals surface area contributed by atoms with Crippen LogP contribution < -0.4 is 11.1 Å². The summed E-state index contributed by atoms with van der Waals surface area (Å²) in [5.41, 5.74) is 6.53. The zero-order valence-corrected chi connectivity index (χ0v) is 14.5. The van der Waals surface area contributed by atoms with Gasteiger partial charge in [-0.2, -0.15) is 0 Å². The van der Waals surface area contributed by atoms with E-state index in [2.05, 4.69) is 5.32 Å². The Balaban J connectivity index is 0.00000484. The monoisotopic (exact) mass is 345 g/mol. The van der Waals surface area contributed by atoms with Gasteiger partial charge in [0.15, 0.2) is 0 Å². The van der Waals surface area contributed by atoms with E-state index in [1.165, 1.54) is 17.0 Å². The van der Waals surface area contributed by atoms with Crippen LogP contribution in [0.15, 0.2) is 24.3 Å². The molecule has 3 N–H and O–H groups in total. The number of hydrogen-bond donors (Lipinski definition) is 2.